The SMILES string of the molecule is N#CCC1CCCCN1C(=O)OCc1ccccc1. The number of ether oxygens (including phenoxy) is 1. The lowest BCUT2D eigenvalue weighted by atomic mass is 10.0. The summed E-state index contributed by atoms with van der Waals surface area (Å²) in [6.07, 6.45) is 3.05. The van der Waals surface area contributed by atoms with Gasteiger partial charge >= 0.3 is 6.09 Å². The van der Waals surface area contributed by atoms with Gasteiger partial charge in [0.1, 0.15) is 6.61 Å². The Kier molecular flexibility index (Phi) is 4.79. The van der Waals surface area contributed by atoms with E-state index in [9.17, 15) is 4.79 Å². The number of hydrogen-bond donors (Lipinski definition) is 0. The van der Waals surface area contributed by atoms with E-state index in [2.05, 4.69) is 6.07 Å². The number of rotatable bonds is 3. The molecule has 0 spiro atoms. The third kappa shape index (κ3) is 3.72. The van der Waals surface area contributed by atoms with Gasteiger partial charge in [0.15, 0.2) is 0 Å². The van der Waals surface area contributed by atoms with Gasteiger partial charge in [0.2, 0.25) is 0 Å². The van der Waals surface area contributed by atoms with Crippen molar-refractivity contribution in [2.75, 3.05) is 6.54 Å². The minimum absolute atomic E-state index is 0.0158. The fraction of sp³-hybridized carbons (Fsp3) is 0.467. The van der Waals surface area contributed by atoms with Crippen LogP contribution in [-0.4, -0.2) is 23.6 Å². The van der Waals surface area contributed by atoms with Gasteiger partial charge in [0, 0.05) is 12.6 Å². The highest BCUT2D eigenvalue weighted by Gasteiger charge is 2.27. The van der Waals surface area contributed by atoms with Crippen LogP contribution in [0, 0.1) is 11.3 Å². The molecule has 1 heterocycles. The average molecular weight is 258 g/mol. The fourth-order valence-corrected chi connectivity index (χ4v) is 2.36. The van der Waals surface area contributed by atoms with Gasteiger partial charge < -0.3 is 9.64 Å². The van der Waals surface area contributed by atoms with Crippen molar-refractivity contribution in [1.82, 2.24) is 4.90 Å². The molecule has 1 saturated heterocycles. The first-order chi connectivity index (χ1) is 9.31. The van der Waals surface area contributed by atoms with E-state index in [1.807, 2.05) is 30.3 Å². The first kappa shape index (κ1) is 13.4. The Balaban J connectivity index is 1.89. The second-order valence-corrected chi connectivity index (χ2v) is 4.75. The molecule has 0 radical (unpaired) electrons. The molecule has 1 amide bonds. The summed E-state index contributed by atoms with van der Waals surface area (Å²) in [4.78, 5) is 13.8. The van der Waals surface area contributed by atoms with E-state index in [0.717, 1.165) is 24.8 Å². The van der Waals surface area contributed by atoms with Gasteiger partial charge in [-0.3, -0.25) is 0 Å². The van der Waals surface area contributed by atoms with E-state index in [1.54, 1.807) is 4.90 Å². The molecule has 4 heteroatoms. The molecule has 1 aromatic rings. The largest absolute Gasteiger partial charge is 0.445 e. The maximum Gasteiger partial charge on any atom is 0.410 e. The Morgan fingerprint density at radius 1 is 1.37 bits per heavy atom. The molecule has 0 aromatic heterocycles. The molecular formula is C15H18N2O2. The van der Waals surface area contributed by atoms with Gasteiger partial charge in [0.25, 0.3) is 0 Å². The summed E-state index contributed by atoms with van der Waals surface area (Å²) in [6, 6.07) is 11.8. The molecule has 1 aliphatic heterocycles. The number of carbonyl (C=O) groups excluding carboxylic acids is 1. The van der Waals surface area contributed by atoms with Crippen LogP contribution in [0.15, 0.2) is 30.3 Å². The van der Waals surface area contributed by atoms with Gasteiger partial charge in [-0.05, 0) is 24.8 Å². The molecule has 0 N–H and O–H groups in total. The van der Waals surface area contributed by atoms with Gasteiger partial charge in [-0.25, -0.2) is 4.79 Å². The molecule has 0 bridgehead atoms. The third-order valence-corrected chi connectivity index (χ3v) is 3.39. The van der Waals surface area contributed by atoms with Crippen LogP contribution in [0.2, 0.25) is 0 Å². The second kappa shape index (κ2) is 6.79. The minimum Gasteiger partial charge on any atom is -0.445 e. The maximum absolute atomic E-state index is 12.1. The number of hydrogen-bond acceptors (Lipinski definition) is 3. The molecule has 100 valence electrons. The van der Waals surface area contributed by atoms with E-state index in [1.165, 1.54) is 0 Å². The van der Waals surface area contributed by atoms with Crippen molar-refractivity contribution in [1.29, 1.82) is 5.26 Å². The predicted octanol–water partition coefficient (Wildman–Crippen LogP) is 3.09. The van der Waals surface area contributed by atoms with Crippen molar-refractivity contribution in [3.05, 3.63) is 35.9 Å². The summed E-state index contributed by atoms with van der Waals surface area (Å²) in [5.41, 5.74) is 0.977. The van der Waals surface area contributed by atoms with Crippen LogP contribution in [-0.2, 0) is 11.3 Å². The number of amides is 1. The third-order valence-electron chi connectivity index (χ3n) is 3.39. The number of likely N-dealkylation sites (tertiary alicyclic amines) is 1. The smallest absolute Gasteiger partial charge is 0.410 e. The van der Waals surface area contributed by atoms with E-state index >= 15 is 0 Å². The molecule has 1 aromatic carbocycles. The van der Waals surface area contributed by atoms with Crippen LogP contribution >= 0.6 is 0 Å². The Hall–Kier alpha value is -2.02. The van der Waals surface area contributed by atoms with Crippen molar-refractivity contribution < 1.29 is 9.53 Å². The first-order valence-electron chi connectivity index (χ1n) is 6.65. The van der Waals surface area contributed by atoms with Gasteiger partial charge in [-0.2, -0.15) is 5.26 Å². The quantitative estimate of drug-likeness (QED) is 0.837. The number of nitrogens with zero attached hydrogens (tertiary/aromatic N) is 2. The average Bonchev–Trinajstić information content (AvgIpc) is 2.47. The van der Waals surface area contributed by atoms with E-state index in [-0.39, 0.29) is 18.7 Å². The van der Waals surface area contributed by atoms with Crippen LogP contribution in [0.1, 0.15) is 31.2 Å². The van der Waals surface area contributed by atoms with E-state index in [0.29, 0.717) is 13.0 Å². The van der Waals surface area contributed by atoms with Gasteiger partial charge in [-0.1, -0.05) is 30.3 Å². The monoisotopic (exact) mass is 258 g/mol. The van der Waals surface area contributed by atoms with Crippen molar-refractivity contribution in [3.63, 3.8) is 0 Å². The highest BCUT2D eigenvalue weighted by atomic mass is 16.6. The Morgan fingerprint density at radius 2 is 2.16 bits per heavy atom. The van der Waals surface area contributed by atoms with Crippen molar-refractivity contribution in [2.24, 2.45) is 0 Å². The summed E-state index contributed by atoms with van der Waals surface area (Å²) in [5.74, 6) is 0. The second-order valence-electron chi connectivity index (χ2n) is 4.75. The summed E-state index contributed by atoms with van der Waals surface area (Å²) in [5, 5.41) is 8.80. The fourth-order valence-electron chi connectivity index (χ4n) is 2.36. The molecule has 1 fully saturated rings. The lowest BCUT2D eigenvalue weighted by Gasteiger charge is -2.33. The summed E-state index contributed by atoms with van der Waals surface area (Å²) in [6.45, 7) is 0.982. The van der Waals surface area contributed by atoms with Crippen LogP contribution in [0.25, 0.3) is 0 Å². The molecule has 19 heavy (non-hydrogen) atoms. The topological polar surface area (TPSA) is 53.3 Å². The molecule has 4 nitrogen and oxygen atoms in total. The standard InChI is InChI=1S/C15H18N2O2/c16-10-9-14-8-4-5-11-17(14)15(18)19-12-13-6-2-1-3-7-13/h1-3,6-7,14H,4-5,8-9,11-12H2. The van der Waals surface area contributed by atoms with Crippen molar-refractivity contribution in [2.45, 2.75) is 38.3 Å². The number of carbonyl (C=O) groups is 1. The molecule has 2 rings (SSSR count). The molecular weight excluding hydrogens is 240 g/mol. The van der Waals surface area contributed by atoms with E-state index < -0.39 is 0 Å². The van der Waals surface area contributed by atoms with Crippen LogP contribution in [0.3, 0.4) is 0 Å². The number of benzene rings is 1. The highest BCUT2D eigenvalue weighted by molar-refractivity contribution is 5.68. The van der Waals surface area contributed by atoms with Gasteiger partial charge in [0.05, 0.1) is 12.5 Å². The zero-order valence-corrected chi connectivity index (χ0v) is 10.9. The number of nitriles is 1. The molecule has 0 aliphatic carbocycles. The van der Waals surface area contributed by atoms with Crippen LogP contribution < -0.4 is 0 Å². The minimum atomic E-state index is -0.302. The Labute approximate surface area is 113 Å². The lowest BCUT2D eigenvalue weighted by molar-refractivity contribution is 0.0691. The van der Waals surface area contributed by atoms with Gasteiger partial charge in [-0.15, -0.1) is 0 Å². The normalized spacial score (nSPS) is 18.7. The predicted molar refractivity (Wildman–Crippen MR) is 71.2 cm³/mol. The molecule has 1 unspecified atom stereocenters. The maximum atomic E-state index is 12.1. The Bertz CT molecular complexity index is 453. The molecule has 1 atom stereocenters. The van der Waals surface area contributed by atoms with Crippen LogP contribution in [0.5, 0.6) is 0 Å². The molecule has 1 aliphatic rings. The Morgan fingerprint density at radius 3 is 2.89 bits per heavy atom. The zero-order chi connectivity index (χ0) is 13.5. The zero-order valence-electron chi connectivity index (χ0n) is 10.9. The van der Waals surface area contributed by atoms with E-state index in [4.69, 9.17) is 10.00 Å². The summed E-state index contributed by atoms with van der Waals surface area (Å²) < 4.78 is 5.32. The highest BCUT2D eigenvalue weighted by Crippen LogP contribution is 2.20. The van der Waals surface area contributed by atoms with Crippen LogP contribution in [0.4, 0.5) is 4.79 Å². The first-order valence-corrected chi connectivity index (χ1v) is 6.65. The van der Waals surface area contributed by atoms with Crippen molar-refractivity contribution >= 4 is 6.09 Å². The lowest BCUT2D eigenvalue weighted by Crippen LogP contribution is -2.43. The molecule has 0 saturated carbocycles. The summed E-state index contributed by atoms with van der Waals surface area (Å²) in [7, 11) is 0. The van der Waals surface area contributed by atoms with Crippen molar-refractivity contribution in [3.8, 4) is 6.07 Å². The number of piperidine rings is 1. The summed E-state index contributed by atoms with van der Waals surface area (Å²) >= 11 is 0.